The normalized spacial score (nSPS) is 27.6. The van der Waals surface area contributed by atoms with Crippen molar-refractivity contribution in [1.82, 2.24) is 0 Å². The molecule has 0 unspecified atom stereocenters. The molecule has 0 atom stereocenters. The molecule has 4 saturated carbocycles. The molecule has 4 fully saturated rings. The van der Waals surface area contributed by atoms with Gasteiger partial charge in [0, 0.05) is 22.1 Å². The van der Waals surface area contributed by atoms with E-state index in [1.54, 1.807) is 11.1 Å². The van der Waals surface area contributed by atoms with E-state index in [0.717, 1.165) is 23.7 Å². The summed E-state index contributed by atoms with van der Waals surface area (Å²) in [4.78, 5) is 2.53. The molecule has 0 N–H and O–H groups in total. The van der Waals surface area contributed by atoms with Crippen molar-refractivity contribution < 1.29 is 0 Å². The third-order valence-electron chi connectivity index (χ3n) is 10.8. The van der Waals surface area contributed by atoms with E-state index in [1.165, 1.54) is 71.1 Å². The molecule has 0 aromatic heterocycles. The highest BCUT2D eigenvalue weighted by Crippen LogP contribution is 2.70. The molecule has 5 aliphatic carbocycles. The van der Waals surface area contributed by atoms with Gasteiger partial charge in [-0.3, -0.25) is 0 Å². The number of hydrogen-bond donors (Lipinski definition) is 0. The molecule has 0 heterocycles. The highest BCUT2D eigenvalue weighted by molar-refractivity contribution is 6.02. The lowest BCUT2D eigenvalue weighted by Gasteiger charge is -2.61. The van der Waals surface area contributed by atoms with Crippen molar-refractivity contribution in [3.63, 3.8) is 0 Å². The lowest BCUT2D eigenvalue weighted by molar-refractivity contribution is -0.0399. The molecule has 1 nitrogen and oxygen atoms in total. The lowest BCUT2D eigenvalue weighted by Crippen LogP contribution is -2.55. The highest BCUT2D eigenvalue weighted by Gasteiger charge is 2.61. The van der Waals surface area contributed by atoms with Crippen LogP contribution in [0.3, 0.4) is 0 Å². The number of anilines is 3. The van der Waals surface area contributed by atoms with Crippen LogP contribution >= 0.6 is 0 Å². The third kappa shape index (κ3) is 2.91. The van der Waals surface area contributed by atoms with Gasteiger partial charge in [0.15, 0.2) is 0 Å². The van der Waals surface area contributed by atoms with Gasteiger partial charge in [-0.15, -0.1) is 0 Å². The molecule has 39 heavy (non-hydrogen) atoms. The van der Waals surface area contributed by atoms with Gasteiger partial charge in [-0.25, -0.2) is 0 Å². The molecule has 1 spiro atoms. The number of benzene rings is 5. The quantitative estimate of drug-likeness (QED) is 0.237. The van der Waals surface area contributed by atoms with E-state index in [-0.39, 0.29) is 5.41 Å². The van der Waals surface area contributed by atoms with Crippen molar-refractivity contribution in [2.75, 3.05) is 4.90 Å². The van der Waals surface area contributed by atoms with Crippen LogP contribution in [-0.4, -0.2) is 0 Å². The summed E-state index contributed by atoms with van der Waals surface area (Å²) in [5.41, 5.74) is 10.1. The third-order valence-corrected chi connectivity index (χ3v) is 10.8. The number of para-hydroxylation sites is 1. The number of hydrogen-bond acceptors (Lipinski definition) is 1. The van der Waals surface area contributed by atoms with E-state index >= 15 is 0 Å². The second-order valence-corrected chi connectivity index (χ2v) is 12.6. The van der Waals surface area contributed by atoms with E-state index in [4.69, 9.17) is 0 Å². The Labute approximate surface area is 231 Å². The van der Waals surface area contributed by atoms with Crippen molar-refractivity contribution in [2.45, 2.75) is 37.5 Å². The Morgan fingerprint density at radius 3 is 1.95 bits per heavy atom. The molecule has 10 rings (SSSR count). The Kier molecular flexibility index (Phi) is 4.57. The Morgan fingerprint density at radius 1 is 0.513 bits per heavy atom. The first kappa shape index (κ1) is 22.0. The van der Waals surface area contributed by atoms with Gasteiger partial charge < -0.3 is 4.90 Å². The van der Waals surface area contributed by atoms with Crippen molar-refractivity contribution >= 4 is 27.8 Å². The van der Waals surface area contributed by atoms with Crippen molar-refractivity contribution in [3.8, 4) is 11.1 Å². The minimum atomic E-state index is 0.177. The first-order valence-corrected chi connectivity index (χ1v) is 14.9. The van der Waals surface area contributed by atoms with Gasteiger partial charge in [0.25, 0.3) is 0 Å². The molecule has 0 aliphatic heterocycles. The van der Waals surface area contributed by atoms with Gasteiger partial charge in [0.1, 0.15) is 0 Å². The Balaban J connectivity index is 1.35. The summed E-state index contributed by atoms with van der Waals surface area (Å²) in [6, 6.07) is 43.3. The fourth-order valence-electron chi connectivity index (χ4n) is 9.76. The van der Waals surface area contributed by atoms with E-state index in [0.29, 0.717) is 0 Å². The summed E-state index contributed by atoms with van der Waals surface area (Å²) in [6.45, 7) is 0. The maximum atomic E-state index is 2.53. The maximum Gasteiger partial charge on any atom is 0.0543 e. The summed E-state index contributed by atoms with van der Waals surface area (Å²) < 4.78 is 0. The van der Waals surface area contributed by atoms with Gasteiger partial charge in [0.2, 0.25) is 0 Å². The number of nitrogens with zero attached hydrogens (tertiary/aromatic N) is 1. The predicted octanol–water partition coefficient (Wildman–Crippen LogP) is 10.0. The lowest BCUT2D eigenvalue weighted by atomic mass is 9.43. The largest absolute Gasteiger partial charge is 0.309 e. The van der Waals surface area contributed by atoms with E-state index in [9.17, 15) is 0 Å². The first-order chi connectivity index (χ1) is 19.3. The average molecular weight is 504 g/mol. The smallest absolute Gasteiger partial charge is 0.0543 e. The standard InChI is InChI=1S/C38H33N/c1-2-12-30(13-3-1)39(35-18-8-11-27-10-4-5-14-31(27)35)36-19-9-17-34-37(36)32-15-6-7-16-33(32)38(34)28-21-25-20-26(23-28)24-29(38)22-25/h1-19,25-26,28-29H,20-24H2. The topological polar surface area (TPSA) is 3.24 Å². The summed E-state index contributed by atoms with van der Waals surface area (Å²) in [5, 5.41) is 2.57. The van der Waals surface area contributed by atoms with Crippen LogP contribution in [0.15, 0.2) is 115 Å². The first-order valence-electron chi connectivity index (χ1n) is 14.9. The molecule has 190 valence electrons. The van der Waals surface area contributed by atoms with Crippen LogP contribution in [0, 0.1) is 23.7 Å². The SMILES string of the molecule is c1ccc(N(c2cccc3c2-c2ccccc2C32C3CC4CC(C3)CC2C4)c2cccc3ccccc23)cc1. The zero-order chi connectivity index (χ0) is 25.6. The van der Waals surface area contributed by atoms with Gasteiger partial charge in [-0.1, -0.05) is 91.0 Å². The molecular formula is C38H33N. The Bertz CT molecular complexity index is 1700. The van der Waals surface area contributed by atoms with Gasteiger partial charge in [-0.2, -0.15) is 0 Å². The summed E-state index contributed by atoms with van der Waals surface area (Å²) >= 11 is 0. The Hall–Kier alpha value is -3.84. The monoisotopic (exact) mass is 503 g/mol. The van der Waals surface area contributed by atoms with Crippen LogP contribution in [-0.2, 0) is 5.41 Å². The summed E-state index contributed by atoms with van der Waals surface area (Å²) in [5.74, 6) is 3.45. The van der Waals surface area contributed by atoms with Crippen LogP contribution in [0.25, 0.3) is 21.9 Å². The second kappa shape index (κ2) is 8.09. The molecule has 1 heteroatoms. The molecule has 0 amide bonds. The predicted molar refractivity (Wildman–Crippen MR) is 162 cm³/mol. The molecule has 0 radical (unpaired) electrons. The summed E-state index contributed by atoms with van der Waals surface area (Å²) in [6.07, 6.45) is 7.14. The van der Waals surface area contributed by atoms with E-state index in [1.807, 2.05) is 0 Å². The van der Waals surface area contributed by atoms with Crippen LogP contribution in [0.5, 0.6) is 0 Å². The molecule has 0 saturated heterocycles. The van der Waals surface area contributed by atoms with Crippen LogP contribution in [0.4, 0.5) is 17.1 Å². The minimum Gasteiger partial charge on any atom is -0.309 e. The minimum absolute atomic E-state index is 0.177. The summed E-state index contributed by atoms with van der Waals surface area (Å²) in [7, 11) is 0. The average Bonchev–Trinajstić information content (AvgIpc) is 3.28. The molecular weight excluding hydrogens is 470 g/mol. The second-order valence-electron chi connectivity index (χ2n) is 12.6. The molecule has 5 aliphatic rings. The van der Waals surface area contributed by atoms with Crippen molar-refractivity contribution in [1.29, 1.82) is 0 Å². The molecule has 5 aromatic carbocycles. The van der Waals surface area contributed by atoms with Crippen LogP contribution in [0.2, 0.25) is 0 Å². The van der Waals surface area contributed by atoms with Crippen molar-refractivity contribution in [3.05, 3.63) is 126 Å². The van der Waals surface area contributed by atoms with E-state index < -0.39 is 0 Å². The van der Waals surface area contributed by atoms with Gasteiger partial charge >= 0.3 is 0 Å². The van der Waals surface area contributed by atoms with Gasteiger partial charge in [0.05, 0.1) is 11.4 Å². The molecule has 4 bridgehead atoms. The van der Waals surface area contributed by atoms with Crippen LogP contribution < -0.4 is 4.90 Å². The van der Waals surface area contributed by atoms with Crippen LogP contribution in [0.1, 0.15) is 43.2 Å². The molecule has 5 aromatic rings. The fraction of sp³-hybridized carbons (Fsp3) is 0.263. The Morgan fingerprint density at radius 2 is 1.13 bits per heavy atom. The zero-order valence-electron chi connectivity index (χ0n) is 22.3. The van der Waals surface area contributed by atoms with Crippen molar-refractivity contribution in [2.24, 2.45) is 23.7 Å². The number of rotatable bonds is 3. The van der Waals surface area contributed by atoms with E-state index in [2.05, 4.69) is 120 Å². The highest BCUT2D eigenvalue weighted by atomic mass is 15.1. The fourth-order valence-corrected chi connectivity index (χ4v) is 9.76. The number of fused-ring (bicyclic) bond motifs is 4. The van der Waals surface area contributed by atoms with Gasteiger partial charge in [-0.05, 0) is 102 Å². The zero-order valence-corrected chi connectivity index (χ0v) is 22.3. The maximum absolute atomic E-state index is 2.53.